The Hall–Kier alpha value is -1.06. The van der Waals surface area contributed by atoms with Crippen LogP contribution in [0.5, 0.6) is 0 Å². The number of benzene rings is 1. The van der Waals surface area contributed by atoms with Gasteiger partial charge >= 0.3 is 0 Å². The molecule has 1 aliphatic rings. The van der Waals surface area contributed by atoms with Gasteiger partial charge in [-0.2, -0.15) is 0 Å². The third-order valence-corrected chi connectivity index (χ3v) is 4.41. The molecule has 116 valence electrons. The zero-order valence-corrected chi connectivity index (χ0v) is 13.9. The van der Waals surface area contributed by atoms with Crippen molar-refractivity contribution in [2.75, 3.05) is 19.6 Å². The van der Waals surface area contributed by atoms with Crippen molar-refractivity contribution in [2.45, 2.75) is 33.2 Å². The van der Waals surface area contributed by atoms with Crippen LogP contribution in [0.4, 0.5) is 0 Å². The first-order valence-corrected chi connectivity index (χ1v) is 8.09. The summed E-state index contributed by atoms with van der Waals surface area (Å²) in [6.45, 7) is 8.99. The summed E-state index contributed by atoms with van der Waals surface area (Å²) in [5.41, 5.74) is 0.966. The van der Waals surface area contributed by atoms with E-state index in [0.717, 1.165) is 18.7 Å². The van der Waals surface area contributed by atoms with E-state index in [1.165, 1.54) is 6.42 Å². The highest BCUT2D eigenvalue weighted by molar-refractivity contribution is 6.31. The summed E-state index contributed by atoms with van der Waals surface area (Å²) in [7, 11) is 0. The topological polar surface area (TPSA) is 32.3 Å². The minimum atomic E-state index is -0.0640. The normalized spacial score (nSPS) is 24.6. The van der Waals surface area contributed by atoms with Gasteiger partial charge in [-0.05, 0) is 36.8 Å². The molecule has 3 atom stereocenters. The lowest BCUT2D eigenvalue weighted by molar-refractivity contribution is -0.123. The fourth-order valence-electron chi connectivity index (χ4n) is 3.32. The van der Waals surface area contributed by atoms with Gasteiger partial charge in [0.1, 0.15) is 0 Å². The smallest absolute Gasteiger partial charge is 0.234 e. The second kappa shape index (κ2) is 7.28. The van der Waals surface area contributed by atoms with Crippen molar-refractivity contribution < 1.29 is 4.79 Å². The van der Waals surface area contributed by atoms with E-state index in [4.69, 9.17) is 11.6 Å². The predicted octanol–water partition coefficient (Wildman–Crippen LogP) is 3.50. The minimum absolute atomic E-state index is 0.0640. The molecule has 1 fully saturated rings. The highest BCUT2D eigenvalue weighted by atomic mass is 35.5. The average molecular weight is 309 g/mol. The van der Waals surface area contributed by atoms with E-state index < -0.39 is 0 Å². The van der Waals surface area contributed by atoms with Crippen LogP contribution in [0.3, 0.4) is 0 Å². The molecular weight excluding hydrogens is 284 g/mol. The highest BCUT2D eigenvalue weighted by Gasteiger charge is 2.23. The molecule has 1 aromatic carbocycles. The highest BCUT2D eigenvalue weighted by Crippen LogP contribution is 2.23. The predicted molar refractivity (Wildman–Crippen MR) is 87.4 cm³/mol. The Morgan fingerprint density at radius 3 is 2.57 bits per heavy atom. The summed E-state index contributed by atoms with van der Waals surface area (Å²) in [5, 5.41) is 3.75. The molecule has 0 aliphatic carbocycles. The van der Waals surface area contributed by atoms with Crippen LogP contribution in [0.25, 0.3) is 0 Å². The first-order valence-electron chi connectivity index (χ1n) is 7.72. The standard InChI is InChI=1S/C17H25ClN2O/c1-12-8-13(2)10-20(9-12)11-17(21)19-14(3)15-6-4-5-7-16(15)18/h4-7,12-14H,8-11H2,1-3H3,(H,19,21). The van der Waals surface area contributed by atoms with Gasteiger partial charge in [0.15, 0.2) is 0 Å². The van der Waals surface area contributed by atoms with E-state index >= 15 is 0 Å². The second-order valence-electron chi connectivity index (χ2n) is 6.45. The summed E-state index contributed by atoms with van der Waals surface area (Å²) in [6, 6.07) is 7.59. The lowest BCUT2D eigenvalue weighted by atomic mass is 9.92. The Morgan fingerprint density at radius 2 is 1.95 bits per heavy atom. The van der Waals surface area contributed by atoms with Crippen molar-refractivity contribution in [1.29, 1.82) is 0 Å². The van der Waals surface area contributed by atoms with E-state index in [1.807, 2.05) is 31.2 Å². The Bertz CT molecular complexity index is 481. The molecule has 3 unspecified atom stereocenters. The zero-order valence-electron chi connectivity index (χ0n) is 13.1. The SMILES string of the molecule is CC1CC(C)CN(CC(=O)NC(C)c2ccccc2Cl)C1. The molecule has 0 spiro atoms. The molecule has 0 saturated carbocycles. The number of halogens is 1. The maximum atomic E-state index is 12.2. The van der Waals surface area contributed by atoms with Crippen LogP contribution in [0.2, 0.25) is 5.02 Å². The largest absolute Gasteiger partial charge is 0.348 e. The number of nitrogens with zero attached hydrogens (tertiary/aromatic N) is 1. The van der Waals surface area contributed by atoms with Gasteiger partial charge in [0.2, 0.25) is 5.91 Å². The number of hydrogen-bond donors (Lipinski definition) is 1. The van der Waals surface area contributed by atoms with Crippen LogP contribution in [-0.4, -0.2) is 30.4 Å². The Labute approximate surface area is 132 Å². The number of carbonyl (C=O) groups excluding carboxylic acids is 1. The third-order valence-electron chi connectivity index (χ3n) is 4.06. The van der Waals surface area contributed by atoms with Crippen molar-refractivity contribution in [1.82, 2.24) is 10.2 Å². The lowest BCUT2D eigenvalue weighted by Crippen LogP contribution is -2.44. The van der Waals surface area contributed by atoms with Crippen molar-refractivity contribution in [2.24, 2.45) is 11.8 Å². The monoisotopic (exact) mass is 308 g/mol. The Balaban J connectivity index is 1.88. The molecule has 1 N–H and O–H groups in total. The van der Waals surface area contributed by atoms with Gasteiger partial charge in [-0.15, -0.1) is 0 Å². The summed E-state index contributed by atoms with van der Waals surface area (Å²) in [4.78, 5) is 14.5. The molecule has 0 aromatic heterocycles. The fourth-order valence-corrected chi connectivity index (χ4v) is 3.61. The summed E-state index contributed by atoms with van der Waals surface area (Å²) in [6.07, 6.45) is 1.26. The molecule has 21 heavy (non-hydrogen) atoms. The zero-order chi connectivity index (χ0) is 15.4. The molecule has 1 saturated heterocycles. The van der Waals surface area contributed by atoms with Gasteiger partial charge in [-0.1, -0.05) is 43.6 Å². The maximum Gasteiger partial charge on any atom is 0.234 e. The van der Waals surface area contributed by atoms with Crippen molar-refractivity contribution in [3.8, 4) is 0 Å². The summed E-state index contributed by atoms with van der Waals surface area (Å²) >= 11 is 6.17. The van der Waals surface area contributed by atoms with Crippen LogP contribution in [0, 0.1) is 11.8 Å². The first kappa shape index (κ1) is 16.3. The molecule has 1 amide bonds. The number of hydrogen-bond acceptors (Lipinski definition) is 2. The molecule has 0 bridgehead atoms. The molecule has 4 heteroatoms. The molecule has 2 rings (SSSR count). The summed E-state index contributed by atoms with van der Waals surface area (Å²) < 4.78 is 0. The van der Waals surface area contributed by atoms with Gasteiger partial charge in [-0.3, -0.25) is 9.69 Å². The van der Waals surface area contributed by atoms with E-state index in [1.54, 1.807) is 0 Å². The number of carbonyl (C=O) groups is 1. The quantitative estimate of drug-likeness (QED) is 0.923. The van der Waals surface area contributed by atoms with E-state index in [9.17, 15) is 4.79 Å². The molecule has 1 aliphatic heterocycles. The van der Waals surface area contributed by atoms with Crippen molar-refractivity contribution >= 4 is 17.5 Å². The third kappa shape index (κ3) is 4.72. The molecule has 0 radical (unpaired) electrons. The molecule has 1 aromatic rings. The van der Waals surface area contributed by atoms with Gasteiger partial charge in [0, 0.05) is 18.1 Å². The van der Waals surface area contributed by atoms with Crippen LogP contribution in [-0.2, 0) is 4.79 Å². The number of piperidine rings is 1. The number of nitrogens with one attached hydrogen (secondary N) is 1. The first-order chi connectivity index (χ1) is 9.95. The summed E-state index contributed by atoms with van der Waals surface area (Å²) in [5.74, 6) is 1.41. The van der Waals surface area contributed by atoms with Gasteiger partial charge in [-0.25, -0.2) is 0 Å². The van der Waals surface area contributed by atoms with Crippen molar-refractivity contribution in [3.05, 3.63) is 34.9 Å². The number of likely N-dealkylation sites (tertiary alicyclic amines) is 1. The van der Waals surface area contributed by atoms with Crippen LogP contribution < -0.4 is 5.32 Å². The van der Waals surface area contributed by atoms with Crippen LogP contribution >= 0.6 is 11.6 Å². The Morgan fingerprint density at radius 1 is 1.33 bits per heavy atom. The fraction of sp³-hybridized carbons (Fsp3) is 0.588. The van der Waals surface area contributed by atoms with Crippen LogP contribution in [0.15, 0.2) is 24.3 Å². The van der Waals surface area contributed by atoms with E-state index in [0.29, 0.717) is 23.4 Å². The van der Waals surface area contributed by atoms with Gasteiger partial charge in [0.25, 0.3) is 0 Å². The second-order valence-corrected chi connectivity index (χ2v) is 6.86. The van der Waals surface area contributed by atoms with Crippen LogP contribution in [0.1, 0.15) is 38.8 Å². The minimum Gasteiger partial charge on any atom is -0.348 e. The van der Waals surface area contributed by atoms with Gasteiger partial charge in [0.05, 0.1) is 12.6 Å². The number of amides is 1. The Kier molecular flexibility index (Phi) is 5.65. The van der Waals surface area contributed by atoms with E-state index in [2.05, 4.69) is 24.1 Å². The maximum absolute atomic E-state index is 12.2. The van der Waals surface area contributed by atoms with Gasteiger partial charge < -0.3 is 5.32 Å². The average Bonchev–Trinajstić information content (AvgIpc) is 2.37. The van der Waals surface area contributed by atoms with Crippen molar-refractivity contribution in [3.63, 3.8) is 0 Å². The molecule has 3 nitrogen and oxygen atoms in total. The molecule has 1 heterocycles. The number of rotatable bonds is 4. The lowest BCUT2D eigenvalue weighted by Gasteiger charge is -2.34. The van der Waals surface area contributed by atoms with E-state index in [-0.39, 0.29) is 11.9 Å². The molecular formula is C17H25ClN2O.